The van der Waals surface area contributed by atoms with Crippen molar-refractivity contribution >= 4 is 11.9 Å². The molecule has 2 atom stereocenters. The van der Waals surface area contributed by atoms with Crippen LogP contribution in [0.25, 0.3) is 5.69 Å². The Kier molecular flexibility index (Phi) is 3.86. The highest BCUT2D eigenvalue weighted by atomic mass is 16.4. The smallest absolute Gasteiger partial charge is 0.308 e. The van der Waals surface area contributed by atoms with Crippen LogP contribution >= 0.6 is 0 Å². The fraction of sp³-hybridized carbons (Fsp3) is 0.333. The summed E-state index contributed by atoms with van der Waals surface area (Å²) >= 11 is 0. The quantitative estimate of drug-likeness (QED) is 0.885. The maximum absolute atomic E-state index is 12.3. The normalized spacial score (nSPS) is 20.7. The predicted molar refractivity (Wildman–Crippen MR) is 77.6 cm³/mol. The molecule has 7 heteroatoms. The molecule has 0 spiro atoms. The van der Waals surface area contributed by atoms with E-state index in [0.717, 1.165) is 12.1 Å². The first-order chi connectivity index (χ1) is 10.6. The summed E-state index contributed by atoms with van der Waals surface area (Å²) in [4.78, 5) is 27.5. The number of aliphatic carboxylic acids is 1. The third-order valence-corrected chi connectivity index (χ3v) is 3.89. The number of carboxylic acids is 1. The average Bonchev–Trinajstić information content (AvgIpc) is 3.18. The second-order valence-corrected chi connectivity index (χ2v) is 5.31. The molecule has 1 amide bonds. The number of hydrogen-bond acceptors (Lipinski definition) is 4. The van der Waals surface area contributed by atoms with Gasteiger partial charge in [-0.1, -0.05) is 6.42 Å². The molecule has 2 aromatic heterocycles. The van der Waals surface area contributed by atoms with Crippen LogP contribution in [0.15, 0.2) is 36.8 Å². The molecule has 0 radical (unpaired) electrons. The van der Waals surface area contributed by atoms with Crippen molar-refractivity contribution in [2.24, 2.45) is 5.92 Å². The summed E-state index contributed by atoms with van der Waals surface area (Å²) in [5.41, 5.74) is 0.982. The summed E-state index contributed by atoms with van der Waals surface area (Å²) in [6.07, 6.45) is 7.05. The Morgan fingerprint density at radius 3 is 2.91 bits per heavy atom. The number of hydrogen-bond donors (Lipinski definition) is 2. The number of nitrogens with zero attached hydrogens (tertiary/aromatic N) is 3. The lowest BCUT2D eigenvalue weighted by Gasteiger charge is -2.17. The van der Waals surface area contributed by atoms with Crippen molar-refractivity contribution in [2.45, 2.75) is 25.3 Å². The van der Waals surface area contributed by atoms with Gasteiger partial charge in [0.2, 0.25) is 0 Å². The zero-order valence-electron chi connectivity index (χ0n) is 11.8. The first kappa shape index (κ1) is 14.2. The van der Waals surface area contributed by atoms with Gasteiger partial charge in [-0.3, -0.25) is 14.6 Å². The molecule has 2 N–H and O–H groups in total. The number of carboxylic acid groups (broad SMARTS) is 1. The number of carbonyl (C=O) groups excluding carboxylic acids is 1. The summed E-state index contributed by atoms with van der Waals surface area (Å²) in [6, 6.07) is 4.84. The van der Waals surface area contributed by atoms with E-state index in [1.54, 1.807) is 35.3 Å². The number of aromatic nitrogens is 3. The Balaban J connectivity index is 1.75. The minimum absolute atomic E-state index is 0.254. The molecule has 0 bridgehead atoms. The molecule has 7 nitrogen and oxygen atoms in total. The Labute approximate surface area is 127 Å². The van der Waals surface area contributed by atoms with E-state index in [1.165, 1.54) is 6.20 Å². The van der Waals surface area contributed by atoms with Crippen molar-refractivity contribution in [2.75, 3.05) is 0 Å². The molecule has 1 aliphatic carbocycles. The monoisotopic (exact) mass is 300 g/mol. The lowest BCUT2D eigenvalue weighted by atomic mass is 10.0. The van der Waals surface area contributed by atoms with E-state index >= 15 is 0 Å². The fourth-order valence-corrected chi connectivity index (χ4v) is 2.78. The third-order valence-electron chi connectivity index (χ3n) is 3.89. The molecule has 2 heterocycles. The zero-order chi connectivity index (χ0) is 15.5. The SMILES string of the molecule is O=C(N[C@H]1CCC[C@H]1C(=O)O)c1cc(-n2cccn2)ccn1. The molecule has 3 rings (SSSR count). The van der Waals surface area contributed by atoms with Gasteiger partial charge < -0.3 is 10.4 Å². The molecule has 0 unspecified atom stereocenters. The van der Waals surface area contributed by atoms with Crippen LogP contribution in [-0.2, 0) is 4.79 Å². The van der Waals surface area contributed by atoms with Gasteiger partial charge in [-0.05, 0) is 31.0 Å². The lowest BCUT2D eigenvalue weighted by Crippen LogP contribution is -2.40. The number of rotatable bonds is 4. The van der Waals surface area contributed by atoms with Crippen LogP contribution in [0.2, 0.25) is 0 Å². The van der Waals surface area contributed by atoms with Gasteiger partial charge in [-0.2, -0.15) is 5.10 Å². The molecule has 1 aliphatic rings. The average molecular weight is 300 g/mol. The number of carbonyl (C=O) groups is 2. The van der Waals surface area contributed by atoms with Gasteiger partial charge in [0.15, 0.2) is 0 Å². The minimum atomic E-state index is -0.860. The Bertz CT molecular complexity index is 684. The largest absolute Gasteiger partial charge is 0.481 e. The van der Waals surface area contributed by atoms with Crippen molar-refractivity contribution in [3.05, 3.63) is 42.5 Å². The van der Waals surface area contributed by atoms with Crippen molar-refractivity contribution in [3.8, 4) is 5.69 Å². The number of nitrogens with one attached hydrogen (secondary N) is 1. The van der Waals surface area contributed by atoms with E-state index in [1.807, 2.05) is 0 Å². The van der Waals surface area contributed by atoms with Crippen LogP contribution in [0.1, 0.15) is 29.8 Å². The summed E-state index contributed by atoms with van der Waals surface area (Å²) in [6.45, 7) is 0. The summed E-state index contributed by atoms with van der Waals surface area (Å²) in [7, 11) is 0. The molecule has 1 fully saturated rings. The highest BCUT2D eigenvalue weighted by Crippen LogP contribution is 2.26. The zero-order valence-corrected chi connectivity index (χ0v) is 11.8. The molecular weight excluding hydrogens is 284 g/mol. The molecule has 1 saturated carbocycles. The highest BCUT2D eigenvalue weighted by Gasteiger charge is 2.34. The van der Waals surface area contributed by atoms with Crippen LogP contribution in [0.3, 0.4) is 0 Å². The van der Waals surface area contributed by atoms with Crippen molar-refractivity contribution in [1.29, 1.82) is 0 Å². The summed E-state index contributed by atoms with van der Waals surface area (Å²) in [5.74, 6) is -1.73. The molecular formula is C15H16N4O3. The van der Waals surface area contributed by atoms with Gasteiger partial charge in [0.25, 0.3) is 5.91 Å². The van der Waals surface area contributed by atoms with Crippen molar-refractivity contribution in [3.63, 3.8) is 0 Å². The van der Waals surface area contributed by atoms with Crippen molar-refractivity contribution < 1.29 is 14.7 Å². The number of pyridine rings is 1. The van der Waals surface area contributed by atoms with Gasteiger partial charge in [-0.15, -0.1) is 0 Å². The molecule has 114 valence electrons. The molecule has 22 heavy (non-hydrogen) atoms. The van der Waals surface area contributed by atoms with Gasteiger partial charge >= 0.3 is 5.97 Å². The minimum Gasteiger partial charge on any atom is -0.481 e. The highest BCUT2D eigenvalue weighted by molar-refractivity contribution is 5.93. The molecule has 0 aromatic carbocycles. The lowest BCUT2D eigenvalue weighted by molar-refractivity contribution is -0.142. The molecule has 0 aliphatic heterocycles. The molecule has 2 aromatic rings. The second-order valence-electron chi connectivity index (χ2n) is 5.31. The van der Waals surface area contributed by atoms with E-state index in [-0.39, 0.29) is 17.6 Å². The van der Waals surface area contributed by atoms with Crippen LogP contribution in [-0.4, -0.2) is 37.8 Å². The van der Waals surface area contributed by atoms with E-state index in [0.29, 0.717) is 12.8 Å². The van der Waals surface area contributed by atoms with Crippen LogP contribution < -0.4 is 5.32 Å². The Morgan fingerprint density at radius 1 is 1.32 bits per heavy atom. The Hall–Kier alpha value is -2.70. The van der Waals surface area contributed by atoms with Crippen LogP contribution in [0.5, 0.6) is 0 Å². The second kappa shape index (κ2) is 5.97. The van der Waals surface area contributed by atoms with Gasteiger partial charge in [0.05, 0.1) is 11.6 Å². The van der Waals surface area contributed by atoms with E-state index < -0.39 is 11.9 Å². The van der Waals surface area contributed by atoms with E-state index in [9.17, 15) is 9.59 Å². The standard InChI is InChI=1S/C15H16N4O3/c20-14(18-12-4-1-3-11(12)15(21)22)13-9-10(5-7-16-13)19-8-2-6-17-19/h2,5-9,11-12H,1,3-4H2,(H,18,20)(H,21,22)/t11-,12+/m1/s1. The predicted octanol–water partition coefficient (Wildman–Crippen LogP) is 1.25. The first-order valence-electron chi connectivity index (χ1n) is 7.15. The summed E-state index contributed by atoms with van der Waals surface area (Å²) < 4.78 is 1.63. The van der Waals surface area contributed by atoms with Gasteiger partial charge in [0.1, 0.15) is 5.69 Å². The third kappa shape index (κ3) is 2.83. The Morgan fingerprint density at radius 2 is 2.18 bits per heavy atom. The first-order valence-corrected chi connectivity index (χ1v) is 7.15. The number of amides is 1. The maximum Gasteiger partial charge on any atom is 0.308 e. The molecule has 0 saturated heterocycles. The fourth-order valence-electron chi connectivity index (χ4n) is 2.78. The summed E-state index contributed by atoms with van der Waals surface area (Å²) in [5, 5.41) is 16.0. The van der Waals surface area contributed by atoms with Crippen LogP contribution in [0.4, 0.5) is 0 Å². The van der Waals surface area contributed by atoms with E-state index in [4.69, 9.17) is 5.11 Å². The van der Waals surface area contributed by atoms with Gasteiger partial charge in [-0.25, -0.2) is 4.68 Å². The maximum atomic E-state index is 12.3. The van der Waals surface area contributed by atoms with Crippen molar-refractivity contribution in [1.82, 2.24) is 20.1 Å². The van der Waals surface area contributed by atoms with Gasteiger partial charge in [0, 0.05) is 24.6 Å². The van der Waals surface area contributed by atoms with E-state index in [2.05, 4.69) is 15.4 Å². The van der Waals surface area contributed by atoms with Crippen LogP contribution in [0, 0.1) is 5.92 Å². The topological polar surface area (TPSA) is 97.1 Å².